The molecule has 148 valence electrons. The van der Waals surface area contributed by atoms with Crippen LogP contribution in [0.15, 0.2) is 60.0 Å². The van der Waals surface area contributed by atoms with Gasteiger partial charge in [0, 0.05) is 43.0 Å². The summed E-state index contributed by atoms with van der Waals surface area (Å²) in [6.07, 6.45) is 2.54. The van der Waals surface area contributed by atoms with Crippen molar-refractivity contribution in [1.82, 2.24) is 9.21 Å². The van der Waals surface area contributed by atoms with E-state index < -0.39 is 10.0 Å². The lowest BCUT2D eigenvalue weighted by molar-refractivity contribution is -0.132. The van der Waals surface area contributed by atoms with E-state index >= 15 is 0 Å². The lowest BCUT2D eigenvalue weighted by atomic mass is 10.1. The number of halogens is 1. The molecule has 5 nitrogen and oxygen atoms in total. The van der Waals surface area contributed by atoms with Gasteiger partial charge in [0.15, 0.2) is 0 Å². The number of carbonyl (C=O) groups is 1. The molecule has 2 aromatic rings. The van der Waals surface area contributed by atoms with Gasteiger partial charge in [0.2, 0.25) is 15.9 Å². The summed E-state index contributed by atoms with van der Waals surface area (Å²) in [5, 5.41) is 1.90. The smallest absolute Gasteiger partial charge is 0.236 e. The molecule has 0 aliphatic carbocycles. The quantitative estimate of drug-likeness (QED) is 0.722. The lowest BCUT2D eigenvalue weighted by Gasteiger charge is -2.33. The number of piperazine rings is 1. The first kappa shape index (κ1) is 20.6. The predicted octanol–water partition coefficient (Wildman–Crippen LogP) is 3.42. The maximum absolute atomic E-state index is 12.5. The molecule has 1 aliphatic heterocycles. The fourth-order valence-electron chi connectivity index (χ4n) is 3.11. The maximum atomic E-state index is 12.5. The van der Waals surface area contributed by atoms with Gasteiger partial charge in [-0.05, 0) is 29.7 Å². The van der Waals surface area contributed by atoms with E-state index in [9.17, 15) is 13.2 Å². The highest BCUT2D eigenvalue weighted by Crippen LogP contribution is 2.18. The monoisotopic (exact) mass is 418 g/mol. The standard InChI is InChI=1S/C21H23ClN2O3S/c22-20-9-5-4-8-19(20)10-11-21(25)23-13-15-24(16-14-23)28(26,27)17-12-18-6-2-1-3-7-18/h1-9,12,17H,10-11,13-16H2. The molecular formula is C21H23ClN2O3S. The van der Waals surface area contributed by atoms with Gasteiger partial charge in [-0.2, -0.15) is 4.31 Å². The minimum Gasteiger partial charge on any atom is -0.340 e. The topological polar surface area (TPSA) is 57.7 Å². The van der Waals surface area contributed by atoms with Crippen molar-refractivity contribution in [3.8, 4) is 0 Å². The van der Waals surface area contributed by atoms with Crippen molar-refractivity contribution in [2.24, 2.45) is 0 Å². The molecule has 0 radical (unpaired) electrons. The van der Waals surface area contributed by atoms with Crippen molar-refractivity contribution in [3.63, 3.8) is 0 Å². The first-order chi connectivity index (χ1) is 13.5. The van der Waals surface area contributed by atoms with Crippen molar-refractivity contribution >= 4 is 33.6 Å². The van der Waals surface area contributed by atoms with Crippen molar-refractivity contribution in [1.29, 1.82) is 0 Å². The van der Waals surface area contributed by atoms with Gasteiger partial charge in [-0.25, -0.2) is 8.42 Å². The van der Waals surface area contributed by atoms with E-state index in [-0.39, 0.29) is 5.91 Å². The molecule has 28 heavy (non-hydrogen) atoms. The Balaban J connectivity index is 1.51. The van der Waals surface area contributed by atoms with Crippen LogP contribution in [-0.2, 0) is 21.2 Å². The van der Waals surface area contributed by atoms with E-state index in [0.29, 0.717) is 44.0 Å². The number of benzene rings is 2. The Morgan fingerprint density at radius 1 is 0.964 bits per heavy atom. The zero-order valence-electron chi connectivity index (χ0n) is 15.5. The number of amides is 1. The second-order valence-electron chi connectivity index (χ2n) is 6.63. The molecule has 0 atom stereocenters. The van der Waals surface area contributed by atoms with Gasteiger partial charge in [-0.1, -0.05) is 60.1 Å². The number of sulfonamides is 1. The van der Waals surface area contributed by atoms with E-state index in [1.807, 2.05) is 54.6 Å². The van der Waals surface area contributed by atoms with Gasteiger partial charge in [0.25, 0.3) is 0 Å². The Kier molecular flexibility index (Phi) is 6.88. The molecule has 0 N–H and O–H groups in total. The van der Waals surface area contributed by atoms with Gasteiger partial charge in [-0.3, -0.25) is 4.79 Å². The van der Waals surface area contributed by atoms with Gasteiger partial charge in [-0.15, -0.1) is 0 Å². The summed E-state index contributed by atoms with van der Waals surface area (Å²) in [6, 6.07) is 16.8. The zero-order chi connectivity index (χ0) is 20.0. The summed E-state index contributed by atoms with van der Waals surface area (Å²) in [4.78, 5) is 14.2. The van der Waals surface area contributed by atoms with Crippen molar-refractivity contribution < 1.29 is 13.2 Å². The number of aryl methyl sites for hydroxylation is 1. The molecule has 2 aromatic carbocycles. The van der Waals surface area contributed by atoms with Crippen molar-refractivity contribution in [3.05, 3.63) is 76.2 Å². The highest BCUT2D eigenvalue weighted by Gasteiger charge is 2.27. The van der Waals surface area contributed by atoms with Crippen LogP contribution in [0.4, 0.5) is 0 Å². The van der Waals surface area contributed by atoms with E-state index in [0.717, 1.165) is 11.1 Å². The minimum atomic E-state index is -3.49. The van der Waals surface area contributed by atoms with Crippen LogP contribution in [0, 0.1) is 0 Å². The van der Waals surface area contributed by atoms with Gasteiger partial charge < -0.3 is 4.90 Å². The Labute approximate surface area is 171 Å². The molecule has 0 bridgehead atoms. The van der Waals surface area contributed by atoms with Crippen LogP contribution in [0.1, 0.15) is 17.5 Å². The van der Waals surface area contributed by atoms with Crippen LogP contribution < -0.4 is 0 Å². The van der Waals surface area contributed by atoms with Crippen molar-refractivity contribution in [2.45, 2.75) is 12.8 Å². The van der Waals surface area contributed by atoms with Crippen LogP contribution in [0.2, 0.25) is 5.02 Å². The van der Waals surface area contributed by atoms with Crippen LogP contribution in [0.5, 0.6) is 0 Å². The number of hydrogen-bond donors (Lipinski definition) is 0. The molecule has 1 amide bonds. The van der Waals surface area contributed by atoms with E-state index in [2.05, 4.69) is 0 Å². The molecule has 1 saturated heterocycles. The van der Waals surface area contributed by atoms with E-state index in [4.69, 9.17) is 11.6 Å². The molecule has 1 fully saturated rings. The number of carbonyl (C=O) groups excluding carboxylic acids is 1. The van der Waals surface area contributed by atoms with Crippen molar-refractivity contribution in [2.75, 3.05) is 26.2 Å². The molecule has 0 spiro atoms. The lowest BCUT2D eigenvalue weighted by Crippen LogP contribution is -2.50. The molecule has 0 saturated carbocycles. The fraction of sp³-hybridized carbons (Fsp3) is 0.286. The summed E-state index contributed by atoms with van der Waals surface area (Å²) in [6.45, 7) is 1.41. The third-order valence-electron chi connectivity index (χ3n) is 4.75. The summed E-state index contributed by atoms with van der Waals surface area (Å²) in [5.74, 6) is 0.0248. The average Bonchev–Trinajstić information content (AvgIpc) is 2.72. The SMILES string of the molecule is O=C(CCc1ccccc1Cl)N1CCN(S(=O)(=O)C=Cc2ccccc2)CC1. The summed E-state index contributed by atoms with van der Waals surface area (Å²) < 4.78 is 26.4. The molecule has 3 rings (SSSR count). The molecule has 1 heterocycles. The Morgan fingerprint density at radius 3 is 2.29 bits per heavy atom. The Bertz CT molecular complexity index is 937. The summed E-state index contributed by atoms with van der Waals surface area (Å²) >= 11 is 6.13. The average molecular weight is 419 g/mol. The minimum absolute atomic E-state index is 0.0248. The first-order valence-electron chi connectivity index (χ1n) is 9.20. The second-order valence-corrected chi connectivity index (χ2v) is 8.86. The number of hydrogen-bond acceptors (Lipinski definition) is 3. The molecular weight excluding hydrogens is 396 g/mol. The third-order valence-corrected chi connectivity index (χ3v) is 6.68. The molecule has 0 unspecified atom stereocenters. The predicted molar refractivity (Wildman–Crippen MR) is 112 cm³/mol. The number of rotatable bonds is 6. The molecule has 7 heteroatoms. The first-order valence-corrected chi connectivity index (χ1v) is 11.1. The highest BCUT2D eigenvalue weighted by molar-refractivity contribution is 7.92. The molecule has 0 aromatic heterocycles. The maximum Gasteiger partial charge on any atom is 0.236 e. The van der Waals surface area contributed by atoms with Gasteiger partial charge in [0.05, 0.1) is 0 Å². The number of nitrogens with zero attached hydrogens (tertiary/aromatic N) is 2. The van der Waals surface area contributed by atoms with Crippen LogP contribution in [0.25, 0.3) is 6.08 Å². The fourth-order valence-corrected chi connectivity index (χ4v) is 4.51. The second kappa shape index (κ2) is 9.37. The summed E-state index contributed by atoms with van der Waals surface area (Å²) in [5.41, 5.74) is 1.78. The molecule has 1 aliphatic rings. The van der Waals surface area contributed by atoms with E-state index in [1.165, 1.54) is 9.71 Å². The van der Waals surface area contributed by atoms with Gasteiger partial charge >= 0.3 is 0 Å². The van der Waals surface area contributed by atoms with Crippen LogP contribution in [0.3, 0.4) is 0 Å². The van der Waals surface area contributed by atoms with Gasteiger partial charge in [0.1, 0.15) is 0 Å². The Hall–Kier alpha value is -2.15. The summed E-state index contributed by atoms with van der Waals surface area (Å²) in [7, 11) is -3.49. The normalized spacial score (nSPS) is 15.8. The largest absolute Gasteiger partial charge is 0.340 e. The third kappa shape index (κ3) is 5.44. The van der Waals surface area contributed by atoms with Crippen LogP contribution >= 0.6 is 11.6 Å². The highest BCUT2D eigenvalue weighted by atomic mass is 35.5. The Morgan fingerprint density at radius 2 is 1.61 bits per heavy atom. The van der Waals surface area contributed by atoms with E-state index in [1.54, 1.807) is 11.0 Å². The zero-order valence-corrected chi connectivity index (χ0v) is 17.1. The van der Waals surface area contributed by atoms with Crippen LogP contribution in [-0.4, -0.2) is 49.7 Å².